The molecule has 11 heavy (non-hydrogen) atoms. The molecule has 0 aliphatic rings. The number of hydrazine groups is 2. The van der Waals surface area contributed by atoms with E-state index in [4.69, 9.17) is 17.4 Å². The number of rotatable bonds is 6. The largest absolute Gasteiger partial charge is 0.330 e. The third-order valence-corrected chi connectivity index (χ3v) is 1.49. The average molecular weight is 160 g/mol. The van der Waals surface area contributed by atoms with Crippen LogP contribution < -0.4 is 17.4 Å². The van der Waals surface area contributed by atoms with Gasteiger partial charge in [-0.1, -0.05) is 6.42 Å². The standard InChI is InChI=1S/C6H16N4O/c7-4-2-1-3-6(5-11)10(8)9/h5-6H,1-4,7-9H2/t6-/m0/s1. The molecule has 5 nitrogen and oxygen atoms in total. The highest BCUT2D eigenvalue weighted by atomic mass is 16.1. The maximum absolute atomic E-state index is 10.3. The minimum Gasteiger partial charge on any atom is -0.330 e. The van der Waals surface area contributed by atoms with Crippen LogP contribution in [0.1, 0.15) is 19.3 Å². The van der Waals surface area contributed by atoms with Crippen molar-refractivity contribution in [2.24, 2.45) is 17.4 Å². The second-order valence-electron chi connectivity index (χ2n) is 2.44. The van der Waals surface area contributed by atoms with Crippen molar-refractivity contribution in [1.29, 1.82) is 0 Å². The summed E-state index contributed by atoms with van der Waals surface area (Å²) in [4.78, 5) is 10.3. The Balaban J connectivity index is 3.44. The van der Waals surface area contributed by atoms with Gasteiger partial charge in [-0.3, -0.25) is 11.7 Å². The number of carbonyl (C=O) groups excluding carboxylic acids is 1. The lowest BCUT2D eigenvalue weighted by molar-refractivity contribution is -0.112. The fourth-order valence-electron chi connectivity index (χ4n) is 0.785. The van der Waals surface area contributed by atoms with Crippen molar-refractivity contribution >= 4 is 6.29 Å². The molecule has 0 unspecified atom stereocenters. The Labute approximate surface area is 66.4 Å². The van der Waals surface area contributed by atoms with Gasteiger partial charge in [-0.25, -0.2) is 0 Å². The zero-order chi connectivity index (χ0) is 8.69. The van der Waals surface area contributed by atoms with E-state index in [2.05, 4.69) is 0 Å². The summed E-state index contributed by atoms with van der Waals surface area (Å²) in [5.41, 5.74) is 5.27. The van der Waals surface area contributed by atoms with E-state index in [9.17, 15) is 4.79 Å². The lowest BCUT2D eigenvalue weighted by Gasteiger charge is -2.16. The van der Waals surface area contributed by atoms with E-state index < -0.39 is 0 Å². The van der Waals surface area contributed by atoms with Gasteiger partial charge in [-0.15, -0.1) is 0 Å². The first-order valence-electron chi connectivity index (χ1n) is 3.66. The molecule has 0 spiro atoms. The summed E-state index contributed by atoms with van der Waals surface area (Å²) < 4.78 is 0. The number of nitrogens with zero attached hydrogens (tertiary/aromatic N) is 1. The predicted octanol–water partition coefficient (Wildman–Crippen LogP) is -1.27. The molecule has 0 saturated heterocycles. The van der Waals surface area contributed by atoms with E-state index in [1.165, 1.54) is 0 Å². The molecule has 6 N–H and O–H groups in total. The van der Waals surface area contributed by atoms with E-state index in [1.54, 1.807) is 0 Å². The van der Waals surface area contributed by atoms with Crippen LogP contribution in [0.5, 0.6) is 0 Å². The molecule has 0 aromatic rings. The van der Waals surface area contributed by atoms with Gasteiger partial charge in [-0.05, 0) is 19.4 Å². The van der Waals surface area contributed by atoms with Crippen LogP contribution >= 0.6 is 0 Å². The highest BCUT2D eigenvalue weighted by molar-refractivity contribution is 5.57. The van der Waals surface area contributed by atoms with Gasteiger partial charge in [0.1, 0.15) is 6.29 Å². The Morgan fingerprint density at radius 3 is 2.36 bits per heavy atom. The number of nitrogens with two attached hydrogens (primary N) is 3. The second-order valence-corrected chi connectivity index (χ2v) is 2.44. The van der Waals surface area contributed by atoms with Gasteiger partial charge in [0.25, 0.3) is 0 Å². The topological polar surface area (TPSA) is 98.4 Å². The fraction of sp³-hybridized carbons (Fsp3) is 0.833. The highest BCUT2D eigenvalue weighted by Gasteiger charge is 2.09. The number of hydrogen-bond acceptors (Lipinski definition) is 5. The number of aldehydes is 1. The van der Waals surface area contributed by atoms with Crippen molar-refractivity contribution in [1.82, 2.24) is 5.12 Å². The summed E-state index contributed by atoms with van der Waals surface area (Å²) in [6.07, 6.45) is 3.20. The molecule has 0 saturated carbocycles. The average Bonchev–Trinajstić information content (AvgIpc) is 1.97. The third kappa shape index (κ3) is 4.86. The molecule has 1 atom stereocenters. The lowest BCUT2D eigenvalue weighted by atomic mass is 10.1. The predicted molar refractivity (Wildman–Crippen MR) is 43.0 cm³/mol. The molecule has 0 amide bonds. The molecule has 5 heteroatoms. The molecular weight excluding hydrogens is 144 g/mol. The third-order valence-electron chi connectivity index (χ3n) is 1.49. The van der Waals surface area contributed by atoms with Crippen molar-refractivity contribution in [3.63, 3.8) is 0 Å². The first kappa shape index (κ1) is 10.5. The zero-order valence-corrected chi connectivity index (χ0v) is 6.57. The van der Waals surface area contributed by atoms with Crippen LogP contribution in [-0.2, 0) is 4.79 Å². The Kier molecular flexibility index (Phi) is 5.96. The molecule has 0 aliphatic heterocycles. The Bertz CT molecular complexity index is 107. The summed E-state index contributed by atoms with van der Waals surface area (Å²) in [5.74, 6) is 10.4. The molecular formula is C6H16N4O. The van der Waals surface area contributed by atoms with Gasteiger partial charge < -0.3 is 10.5 Å². The molecule has 0 aliphatic carbocycles. The molecule has 0 heterocycles. The first-order valence-corrected chi connectivity index (χ1v) is 3.66. The van der Waals surface area contributed by atoms with Crippen molar-refractivity contribution in [3.8, 4) is 0 Å². The van der Waals surface area contributed by atoms with E-state index in [-0.39, 0.29) is 6.04 Å². The van der Waals surface area contributed by atoms with Gasteiger partial charge >= 0.3 is 0 Å². The van der Waals surface area contributed by atoms with E-state index in [0.29, 0.717) is 13.0 Å². The molecule has 0 radical (unpaired) electrons. The number of hydrogen-bond donors (Lipinski definition) is 3. The quantitative estimate of drug-likeness (QED) is 0.195. The Morgan fingerprint density at radius 1 is 1.36 bits per heavy atom. The molecule has 66 valence electrons. The summed E-state index contributed by atoms with van der Waals surface area (Å²) in [6, 6.07) is -0.374. The molecule has 0 bridgehead atoms. The molecule has 0 rings (SSSR count). The van der Waals surface area contributed by atoms with Crippen molar-refractivity contribution < 1.29 is 4.79 Å². The van der Waals surface area contributed by atoms with Crippen molar-refractivity contribution in [2.75, 3.05) is 6.54 Å². The first-order chi connectivity index (χ1) is 5.22. The normalized spacial score (nSPS) is 13.5. The lowest BCUT2D eigenvalue weighted by Crippen LogP contribution is -2.47. The van der Waals surface area contributed by atoms with E-state index in [0.717, 1.165) is 24.2 Å². The zero-order valence-electron chi connectivity index (χ0n) is 6.57. The van der Waals surface area contributed by atoms with Gasteiger partial charge in [0, 0.05) is 0 Å². The number of carbonyl (C=O) groups is 1. The van der Waals surface area contributed by atoms with Crippen LogP contribution in [-0.4, -0.2) is 24.0 Å². The molecule has 0 aromatic heterocycles. The second kappa shape index (κ2) is 6.23. The smallest absolute Gasteiger partial charge is 0.140 e. The SMILES string of the molecule is NCCCC[C@@H](C=O)N(N)N. The van der Waals surface area contributed by atoms with Gasteiger partial charge in [0.05, 0.1) is 6.04 Å². The minimum absolute atomic E-state index is 0.374. The van der Waals surface area contributed by atoms with Crippen LogP contribution in [0.15, 0.2) is 0 Å². The van der Waals surface area contributed by atoms with E-state index in [1.807, 2.05) is 0 Å². The van der Waals surface area contributed by atoms with Crippen LogP contribution in [0.25, 0.3) is 0 Å². The summed E-state index contributed by atoms with van der Waals surface area (Å²) in [7, 11) is 0. The van der Waals surface area contributed by atoms with Gasteiger partial charge in [0.2, 0.25) is 0 Å². The Hall–Kier alpha value is -0.490. The van der Waals surface area contributed by atoms with Crippen LogP contribution in [0.3, 0.4) is 0 Å². The van der Waals surface area contributed by atoms with Gasteiger partial charge in [0.15, 0.2) is 0 Å². The summed E-state index contributed by atoms with van der Waals surface area (Å²) in [6.45, 7) is 0.640. The van der Waals surface area contributed by atoms with Crippen LogP contribution in [0, 0.1) is 0 Å². The van der Waals surface area contributed by atoms with E-state index >= 15 is 0 Å². The van der Waals surface area contributed by atoms with Crippen molar-refractivity contribution in [2.45, 2.75) is 25.3 Å². The molecule has 0 fully saturated rings. The monoisotopic (exact) mass is 160 g/mol. The Morgan fingerprint density at radius 2 is 2.00 bits per heavy atom. The number of unbranched alkanes of at least 4 members (excludes halogenated alkanes) is 1. The maximum Gasteiger partial charge on any atom is 0.140 e. The summed E-state index contributed by atoms with van der Waals surface area (Å²) >= 11 is 0. The fourth-order valence-corrected chi connectivity index (χ4v) is 0.785. The molecule has 0 aromatic carbocycles. The van der Waals surface area contributed by atoms with Crippen LogP contribution in [0.2, 0.25) is 0 Å². The summed E-state index contributed by atoms with van der Waals surface area (Å²) in [5, 5.41) is 0.934. The van der Waals surface area contributed by atoms with Gasteiger partial charge in [-0.2, -0.15) is 5.12 Å². The van der Waals surface area contributed by atoms with Crippen LogP contribution in [0.4, 0.5) is 0 Å². The highest BCUT2D eigenvalue weighted by Crippen LogP contribution is 1.99. The maximum atomic E-state index is 10.3. The van der Waals surface area contributed by atoms with Crippen molar-refractivity contribution in [3.05, 3.63) is 0 Å². The minimum atomic E-state index is -0.374.